The fourth-order valence-corrected chi connectivity index (χ4v) is 1.96. The summed E-state index contributed by atoms with van der Waals surface area (Å²) in [6.07, 6.45) is -2.01. The lowest BCUT2D eigenvalue weighted by molar-refractivity contribution is -0.142. The van der Waals surface area contributed by atoms with Gasteiger partial charge >= 0.3 is 5.97 Å². The molecule has 0 radical (unpaired) electrons. The van der Waals surface area contributed by atoms with Crippen molar-refractivity contribution >= 4 is 29.2 Å². The lowest BCUT2D eigenvalue weighted by atomic mass is 10.0. The summed E-state index contributed by atoms with van der Waals surface area (Å²) in [6, 6.07) is 0. The van der Waals surface area contributed by atoms with Gasteiger partial charge in [0.15, 0.2) is 0 Å². The molecule has 1 rings (SSSR count). The van der Waals surface area contributed by atoms with E-state index in [0.717, 1.165) is 6.20 Å². The van der Waals surface area contributed by atoms with Gasteiger partial charge in [0, 0.05) is 11.8 Å². The van der Waals surface area contributed by atoms with E-state index in [2.05, 4.69) is 4.98 Å². The van der Waals surface area contributed by atoms with Crippen molar-refractivity contribution in [3.05, 3.63) is 28.0 Å². The van der Waals surface area contributed by atoms with Crippen LogP contribution in [0.25, 0.3) is 0 Å². The maximum Gasteiger partial charge on any atom is 0.310 e. The third kappa shape index (κ3) is 3.53. The number of hydrogen-bond acceptors (Lipinski definition) is 3. The normalized spacial score (nSPS) is 10.8. The lowest BCUT2D eigenvalue weighted by Crippen LogP contribution is -2.13. The first-order chi connectivity index (χ1) is 8.51. The van der Waals surface area contributed by atoms with Crippen molar-refractivity contribution < 1.29 is 18.3 Å². The zero-order valence-electron chi connectivity index (χ0n) is 9.55. The predicted octanol–water partition coefficient (Wildman–Crippen LogP) is 3.52. The Balaban J connectivity index is 3.19. The molecule has 3 nitrogen and oxygen atoms in total. The fraction of sp³-hybridized carbons (Fsp3) is 0.455. The summed E-state index contributed by atoms with van der Waals surface area (Å²) in [4.78, 5) is 15.2. The summed E-state index contributed by atoms with van der Waals surface area (Å²) in [5.41, 5.74) is -0.147. The molecular weight excluding hydrogens is 287 g/mol. The monoisotopic (exact) mass is 297 g/mol. The summed E-state index contributed by atoms with van der Waals surface area (Å²) >= 11 is 11.3. The molecule has 0 atom stereocenters. The number of carbonyl (C=O) groups is 1. The molecule has 0 unspecified atom stereocenters. The van der Waals surface area contributed by atoms with Gasteiger partial charge in [-0.15, -0.1) is 11.6 Å². The van der Waals surface area contributed by atoms with E-state index in [1.54, 1.807) is 6.92 Å². The predicted molar refractivity (Wildman–Crippen MR) is 64.1 cm³/mol. The average molecular weight is 298 g/mol. The van der Waals surface area contributed by atoms with Crippen molar-refractivity contribution in [2.75, 3.05) is 6.61 Å². The van der Waals surface area contributed by atoms with Crippen molar-refractivity contribution in [3.63, 3.8) is 0 Å². The Morgan fingerprint density at radius 1 is 1.56 bits per heavy atom. The van der Waals surface area contributed by atoms with Gasteiger partial charge in [-0.3, -0.25) is 9.78 Å². The number of aromatic nitrogens is 1. The minimum Gasteiger partial charge on any atom is -0.466 e. The molecule has 0 aromatic carbocycles. The lowest BCUT2D eigenvalue weighted by Gasteiger charge is -2.13. The third-order valence-corrected chi connectivity index (χ3v) is 2.79. The van der Waals surface area contributed by atoms with E-state index in [-0.39, 0.29) is 35.2 Å². The van der Waals surface area contributed by atoms with Gasteiger partial charge in [-0.25, -0.2) is 8.78 Å². The number of nitrogens with zero attached hydrogens (tertiary/aromatic N) is 1. The van der Waals surface area contributed by atoms with Crippen LogP contribution in [0, 0.1) is 0 Å². The maximum atomic E-state index is 12.9. The standard InChI is InChI=1S/C11H11Cl2F2NO2/c1-2-18-9(17)3-6-8(4-12)16-5-7(13)10(6)11(14)15/h5,11H,2-4H2,1H3. The molecule has 1 aromatic rings. The summed E-state index contributed by atoms with van der Waals surface area (Å²) in [5, 5.41) is -0.182. The number of esters is 1. The SMILES string of the molecule is CCOC(=O)Cc1c(CCl)ncc(Cl)c1C(F)F. The molecule has 0 aliphatic heterocycles. The molecule has 100 valence electrons. The van der Waals surface area contributed by atoms with E-state index in [4.69, 9.17) is 27.9 Å². The minimum atomic E-state index is -2.80. The highest BCUT2D eigenvalue weighted by Gasteiger charge is 2.23. The number of pyridine rings is 1. The zero-order chi connectivity index (χ0) is 13.7. The van der Waals surface area contributed by atoms with Crippen LogP contribution in [0.1, 0.15) is 30.2 Å². The van der Waals surface area contributed by atoms with Gasteiger partial charge in [0.2, 0.25) is 0 Å². The smallest absolute Gasteiger partial charge is 0.310 e. The number of hydrogen-bond donors (Lipinski definition) is 0. The first kappa shape index (κ1) is 15.1. The Morgan fingerprint density at radius 3 is 2.72 bits per heavy atom. The number of rotatable bonds is 5. The quantitative estimate of drug-likeness (QED) is 0.617. The van der Waals surface area contributed by atoms with Gasteiger partial charge in [-0.2, -0.15) is 0 Å². The highest BCUT2D eigenvalue weighted by Crippen LogP contribution is 2.32. The van der Waals surface area contributed by atoms with Crippen molar-refractivity contribution in [2.45, 2.75) is 25.7 Å². The van der Waals surface area contributed by atoms with Crippen LogP contribution in [0.5, 0.6) is 0 Å². The van der Waals surface area contributed by atoms with Crippen LogP contribution in [0.4, 0.5) is 8.78 Å². The van der Waals surface area contributed by atoms with Crippen LogP contribution < -0.4 is 0 Å². The molecule has 0 amide bonds. The largest absolute Gasteiger partial charge is 0.466 e. The molecule has 0 fully saturated rings. The van der Waals surface area contributed by atoms with Crippen LogP contribution in [0.2, 0.25) is 5.02 Å². The van der Waals surface area contributed by atoms with Crippen LogP contribution >= 0.6 is 23.2 Å². The minimum absolute atomic E-state index is 0.0472. The zero-order valence-corrected chi connectivity index (χ0v) is 11.1. The molecule has 0 N–H and O–H groups in total. The first-order valence-electron chi connectivity index (χ1n) is 5.17. The van der Waals surface area contributed by atoms with Crippen molar-refractivity contribution in [2.24, 2.45) is 0 Å². The van der Waals surface area contributed by atoms with E-state index >= 15 is 0 Å². The average Bonchev–Trinajstić information content (AvgIpc) is 2.29. The van der Waals surface area contributed by atoms with Crippen molar-refractivity contribution in [1.82, 2.24) is 4.98 Å². The summed E-state index contributed by atoms with van der Waals surface area (Å²) < 4.78 is 30.6. The molecule has 1 aromatic heterocycles. The van der Waals surface area contributed by atoms with E-state index in [1.807, 2.05) is 0 Å². The molecule has 0 aliphatic carbocycles. The second-order valence-electron chi connectivity index (χ2n) is 3.36. The molecular formula is C11H11Cl2F2NO2. The second-order valence-corrected chi connectivity index (χ2v) is 4.04. The topological polar surface area (TPSA) is 39.2 Å². The highest BCUT2D eigenvalue weighted by molar-refractivity contribution is 6.31. The molecule has 7 heteroatoms. The second kappa shape index (κ2) is 6.85. The van der Waals surface area contributed by atoms with E-state index in [9.17, 15) is 13.6 Å². The summed E-state index contributed by atoms with van der Waals surface area (Å²) in [7, 11) is 0. The molecule has 0 aliphatic rings. The summed E-state index contributed by atoms with van der Waals surface area (Å²) in [6.45, 7) is 1.80. The van der Waals surface area contributed by atoms with Crippen LogP contribution in [-0.4, -0.2) is 17.6 Å². The van der Waals surface area contributed by atoms with Crippen molar-refractivity contribution in [1.29, 1.82) is 0 Å². The maximum absolute atomic E-state index is 12.9. The van der Waals surface area contributed by atoms with E-state index in [1.165, 1.54) is 0 Å². The van der Waals surface area contributed by atoms with Crippen molar-refractivity contribution in [3.8, 4) is 0 Å². The first-order valence-corrected chi connectivity index (χ1v) is 6.08. The van der Waals surface area contributed by atoms with E-state index < -0.39 is 18.0 Å². The Morgan fingerprint density at radius 2 is 2.22 bits per heavy atom. The molecule has 0 bridgehead atoms. The fourth-order valence-electron chi connectivity index (χ4n) is 1.49. The number of alkyl halides is 3. The Kier molecular flexibility index (Phi) is 5.75. The Bertz CT molecular complexity index is 441. The van der Waals surface area contributed by atoms with E-state index in [0.29, 0.717) is 0 Å². The van der Waals surface area contributed by atoms with Crippen LogP contribution in [0.15, 0.2) is 6.20 Å². The number of carbonyl (C=O) groups excluding carboxylic acids is 1. The molecule has 0 saturated carbocycles. The number of ether oxygens (including phenoxy) is 1. The molecule has 0 saturated heterocycles. The van der Waals surface area contributed by atoms with Crippen LogP contribution in [0.3, 0.4) is 0 Å². The van der Waals surface area contributed by atoms with Gasteiger partial charge in [0.1, 0.15) is 0 Å². The van der Waals surface area contributed by atoms with Gasteiger partial charge in [-0.1, -0.05) is 11.6 Å². The molecule has 0 spiro atoms. The third-order valence-electron chi connectivity index (χ3n) is 2.24. The number of halogens is 4. The Labute approximate surface area is 113 Å². The van der Waals surface area contributed by atoms with Crippen LogP contribution in [-0.2, 0) is 21.8 Å². The highest BCUT2D eigenvalue weighted by atomic mass is 35.5. The molecule has 1 heterocycles. The van der Waals surface area contributed by atoms with Gasteiger partial charge in [0.05, 0.1) is 29.6 Å². The molecule has 18 heavy (non-hydrogen) atoms. The van der Waals surface area contributed by atoms with Gasteiger partial charge < -0.3 is 4.74 Å². The Hall–Kier alpha value is -0.940. The summed E-state index contributed by atoms with van der Waals surface area (Å²) in [5.74, 6) is -0.694. The van der Waals surface area contributed by atoms with Gasteiger partial charge in [0.25, 0.3) is 6.43 Å². The van der Waals surface area contributed by atoms with Gasteiger partial charge in [-0.05, 0) is 12.5 Å².